The van der Waals surface area contributed by atoms with E-state index in [0.29, 0.717) is 11.3 Å². The Morgan fingerprint density at radius 3 is 2.68 bits per heavy atom. The molecular formula is C34H39FN6O3. The van der Waals surface area contributed by atoms with Crippen molar-refractivity contribution in [3.63, 3.8) is 0 Å². The molecule has 44 heavy (non-hydrogen) atoms. The van der Waals surface area contributed by atoms with Gasteiger partial charge in [0.15, 0.2) is 5.65 Å². The minimum absolute atomic E-state index is 0.00724. The molecule has 3 aromatic heterocycles. The SMILES string of the molecule is [2H]C([2H])=Cc1ccccc1-c1nc2c(cc1F)c(N1CCN(C(=O)OC(C)(C)C)C[C@@H]1C)nc(=O)n2-c1c(C([2H])([2H])[2H])ccnc1C(C)C. The maximum absolute atomic E-state index is 16.3. The zero-order valence-electron chi connectivity index (χ0n) is 30.7. The van der Waals surface area contributed by atoms with Gasteiger partial charge in [0.05, 0.1) is 19.5 Å². The average Bonchev–Trinajstić information content (AvgIpc) is 2.99. The van der Waals surface area contributed by atoms with Crippen LogP contribution in [0.2, 0.25) is 0 Å². The number of amides is 1. The summed E-state index contributed by atoms with van der Waals surface area (Å²) in [4.78, 5) is 44.1. The molecule has 1 aliphatic rings. The van der Waals surface area contributed by atoms with Crippen LogP contribution in [0.15, 0.2) is 53.9 Å². The topological polar surface area (TPSA) is 93.5 Å². The van der Waals surface area contributed by atoms with Crippen molar-refractivity contribution < 1.29 is 20.8 Å². The molecule has 0 radical (unpaired) electrons. The number of halogens is 1. The van der Waals surface area contributed by atoms with Crippen LogP contribution in [0.4, 0.5) is 15.0 Å². The Morgan fingerprint density at radius 2 is 2.00 bits per heavy atom. The van der Waals surface area contributed by atoms with Gasteiger partial charge in [-0.1, -0.05) is 50.7 Å². The lowest BCUT2D eigenvalue weighted by Crippen LogP contribution is -2.55. The lowest BCUT2D eigenvalue weighted by atomic mass is 10.0. The highest BCUT2D eigenvalue weighted by Gasteiger charge is 2.33. The van der Waals surface area contributed by atoms with Crippen LogP contribution in [0.1, 0.15) is 71.1 Å². The largest absolute Gasteiger partial charge is 0.444 e. The van der Waals surface area contributed by atoms with Crippen LogP contribution >= 0.6 is 0 Å². The molecule has 1 aliphatic heterocycles. The molecule has 4 heterocycles. The van der Waals surface area contributed by atoms with Crippen LogP contribution < -0.4 is 10.6 Å². The minimum atomic E-state index is -2.65. The molecule has 0 unspecified atom stereocenters. The highest BCUT2D eigenvalue weighted by molar-refractivity contribution is 5.91. The van der Waals surface area contributed by atoms with Crippen molar-refractivity contribution >= 4 is 29.0 Å². The maximum atomic E-state index is 16.3. The summed E-state index contributed by atoms with van der Waals surface area (Å²) in [6.45, 7) is 8.38. The number of carbonyl (C=O) groups is 1. The lowest BCUT2D eigenvalue weighted by Gasteiger charge is -2.41. The van der Waals surface area contributed by atoms with Gasteiger partial charge in [-0.25, -0.2) is 23.5 Å². The third kappa shape index (κ3) is 5.80. The van der Waals surface area contributed by atoms with Gasteiger partial charge >= 0.3 is 11.8 Å². The third-order valence-corrected chi connectivity index (χ3v) is 7.45. The van der Waals surface area contributed by atoms with Gasteiger partial charge < -0.3 is 14.5 Å². The Labute approximate surface area is 264 Å². The summed E-state index contributed by atoms with van der Waals surface area (Å²) in [5.41, 5.74) is -0.967. The van der Waals surface area contributed by atoms with Gasteiger partial charge in [-0.15, -0.1) is 0 Å². The number of fused-ring (bicyclic) bond motifs is 1. The Morgan fingerprint density at radius 1 is 1.23 bits per heavy atom. The second-order valence-corrected chi connectivity index (χ2v) is 12.2. The van der Waals surface area contributed by atoms with E-state index in [1.807, 2.05) is 20.8 Å². The zero-order valence-corrected chi connectivity index (χ0v) is 25.7. The number of hydrogen-bond acceptors (Lipinski definition) is 7. The Kier molecular flexibility index (Phi) is 6.66. The Balaban J connectivity index is 1.81. The Bertz CT molecular complexity index is 2000. The second-order valence-electron chi connectivity index (χ2n) is 12.2. The van der Waals surface area contributed by atoms with Crippen molar-refractivity contribution in [1.29, 1.82) is 0 Å². The molecule has 230 valence electrons. The molecule has 0 spiro atoms. The van der Waals surface area contributed by atoms with Gasteiger partial charge in [0, 0.05) is 41.5 Å². The van der Waals surface area contributed by atoms with E-state index < -0.39 is 36.6 Å². The van der Waals surface area contributed by atoms with Crippen molar-refractivity contribution in [2.75, 3.05) is 24.5 Å². The number of piperazine rings is 1. The van der Waals surface area contributed by atoms with Crippen LogP contribution in [0, 0.1) is 12.7 Å². The molecule has 0 bridgehead atoms. The molecule has 1 amide bonds. The molecule has 1 fully saturated rings. The number of pyridine rings is 2. The number of nitrogens with zero attached hydrogens (tertiary/aromatic N) is 6. The fourth-order valence-electron chi connectivity index (χ4n) is 5.45. The first-order valence-electron chi connectivity index (χ1n) is 17.0. The van der Waals surface area contributed by atoms with Gasteiger partial charge in [-0.3, -0.25) is 4.98 Å². The quantitative estimate of drug-likeness (QED) is 0.257. The summed E-state index contributed by atoms with van der Waals surface area (Å²) in [6.07, 6.45) is 2.15. The smallest absolute Gasteiger partial charge is 0.410 e. The molecule has 4 aromatic rings. The van der Waals surface area contributed by atoms with Crippen molar-refractivity contribution in [2.24, 2.45) is 0 Å². The zero-order chi connectivity index (χ0) is 36.0. The summed E-state index contributed by atoms with van der Waals surface area (Å²) in [5.74, 6) is -0.952. The molecule has 1 atom stereocenters. The van der Waals surface area contributed by atoms with E-state index in [-0.39, 0.29) is 71.0 Å². The summed E-state index contributed by atoms with van der Waals surface area (Å²) in [6, 6.07) is 8.71. The number of anilines is 1. The predicted octanol–water partition coefficient (Wildman–Crippen LogP) is 6.50. The van der Waals surface area contributed by atoms with Gasteiger partial charge in [0.1, 0.15) is 22.9 Å². The van der Waals surface area contributed by atoms with E-state index in [2.05, 4.69) is 9.97 Å². The first-order chi connectivity index (χ1) is 22.9. The van der Waals surface area contributed by atoms with E-state index in [1.54, 1.807) is 54.8 Å². The highest BCUT2D eigenvalue weighted by atomic mass is 19.1. The summed E-state index contributed by atoms with van der Waals surface area (Å²) in [7, 11) is 0. The Hall–Kier alpha value is -4.60. The molecular weight excluding hydrogens is 559 g/mol. The molecule has 9 nitrogen and oxygen atoms in total. The molecule has 0 saturated carbocycles. The summed E-state index contributed by atoms with van der Waals surface area (Å²) in [5, 5.41) is 0.142. The van der Waals surface area contributed by atoms with E-state index in [4.69, 9.17) is 16.6 Å². The molecule has 10 heteroatoms. The van der Waals surface area contributed by atoms with Crippen LogP contribution in [0.3, 0.4) is 0 Å². The number of hydrogen-bond donors (Lipinski definition) is 0. The normalized spacial score (nSPS) is 17.5. The average molecular weight is 604 g/mol. The number of aromatic nitrogens is 4. The number of benzene rings is 1. The maximum Gasteiger partial charge on any atom is 0.410 e. The molecule has 0 aliphatic carbocycles. The third-order valence-electron chi connectivity index (χ3n) is 7.45. The van der Waals surface area contributed by atoms with E-state index in [1.165, 1.54) is 24.4 Å². The van der Waals surface area contributed by atoms with Gasteiger partial charge in [0.2, 0.25) is 0 Å². The number of rotatable bonds is 5. The predicted molar refractivity (Wildman–Crippen MR) is 172 cm³/mol. The van der Waals surface area contributed by atoms with Crippen LogP contribution in [0.5, 0.6) is 0 Å². The van der Waals surface area contributed by atoms with Gasteiger partial charge in [-0.05, 0) is 63.7 Å². The second kappa shape index (κ2) is 11.8. The molecule has 5 rings (SSSR count). The highest BCUT2D eigenvalue weighted by Crippen LogP contribution is 2.34. The van der Waals surface area contributed by atoms with Crippen LogP contribution in [0.25, 0.3) is 34.1 Å². The monoisotopic (exact) mass is 603 g/mol. The van der Waals surface area contributed by atoms with Crippen LogP contribution in [-0.2, 0) is 4.74 Å². The first kappa shape index (κ1) is 24.8. The van der Waals surface area contributed by atoms with Crippen LogP contribution in [-0.4, -0.2) is 61.8 Å². The number of ether oxygens (including phenoxy) is 1. The lowest BCUT2D eigenvalue weighted by molar-refractivity contribution is 0.0218. The fraction of sp³-hybridized carbons (Fsp3) is 0.382. The van der Waals surface area contributed by atoms with E-state index in [9.17, 15) is 9.59 Å². The van der Waals surface area contributed by atoms with Crippen molar-refractivity contribution in [2.45, 2.75) is 66.0 Å². The van der Waals surface area contributed by atoms with Crippen molar-refractivity contribution in [1.82, 2.24) is 24.4 Å². The van der Waals surface area contributed by atoms with Crippen molar-refractivity contribution in [3.8, 4) is 16.9 Å². The number of carbonyl (C=O) groups excluding carboxylic acids is 1. The number of aryl methyl sites for hydroxylation is 1. The first-order valence-corrected chi connectivity index (χ1v) is 14.5. The standard InChI is InChI=1S/C34H39FN6O3/c1-9-23-12-10-11-13-24(23)28-26(35)18-25-30(40-17-16-39(19-22(40)5)33(43)44-34(6,7)8)38-32(42)41(31(25)37-28)29-21(4)14-15-36-27(29)20(2)3/h9-15,18,20,22H,1,16-17,19H2,2-8H3/t22-/m0/s1/i1D2,4D3. The molecule has 1 aromatic carbocycles. The molecule has 0 N–H and O–H groups in total. The van der Waals surface area contributed by atoms with E-state index >= 15 is 4.39 Å². The molecule has 1 saturated heterocycles. The van der Waals surface area contributed by atoms with Crippen molar-refractivity contribution in [3.05, 3.63) is 82.2 Å². The fourth-order valence-corrected chi connectivity index (χ4v) is 5.45. The summed E-state index contributed by atoms with van der Waals surface area (Å²) < 4.78 is 63.3. The summed E-state index contributed by atoms with van der Waals surface area (Å²) >= 11 is 0. The van der Waals surface area contributed by atoms with Gasteiger partial charge in [-0.2, -0.15) is 4.98 Å². The van der Waals surface area contributed by atoms with Gasteiger partial charge in [0.25, 0.3) is 0 Å². The minimum Gasteiger partial charge on any atom is -0.444 e. The van der Waals surface area contributed by atoms with E-state index in [0.717, 1.165) is 4.57 Å².